The van der Waals surface area contributed by atoms with Gasteiger partial charge in [0.05, 0.1) is 12.2 Å². The fourth-order valence-corrected chi connectivity index (χ4v) is 1.44. The van der Waals surface area contributed by atoms with Crippen molar-refractivity contribution in [1.82, 2.24) is 4.98 Å². The lowest BCUT2D eigenvalue weighted by molar-refractivity contribution is 0.0566. The van der Waals surface area contributed by atoms with E-state index in [-0.39, 0.29) is 6.10 Å². The fraction of sp³-hybridized carbons (Fsp3) is 0.545. The van der Waals surface area contributed by atoms with E-state index < -0.39 is 6.10 Å². The number of hydrogen-bond acceptors (Lipinski definition) is 4. The molecule has 1 aromatic rings. The predicted octanol–water partition coefficient (Wildman–Crippen LogP) is 0.992. The summed E-state index contributed by atoms with van der Waals surface area (Å²) in [6.07, 6.45) is 2.38. The van der Waals surface area contributed by atoms with Gasteiger partial charge in [0.2, 0.25) is 0 Å². The number of aliphatic hydroxyl groups excluding tert-OH is 1. The van der Waals surface area contributed by atoms with Crippen LogP contribution in [0.25, 0.3) is 0 Å². The van der Waals surface area contributed by atoms with Crippen LogP contribution in [0.15, 0.2) is 18.3 Å². The molecule has 0 aliphatic rings. The molecule has 2 atom stereocenters. The van der Waals surface area contributed by atoms with Gasteiger partial charge in [-0.15, -0.1) is 0 Å². The van der Waals surface area contributed by atoms with Gasteiger partial charge in [-0.25, -0.2) is 4.98 Å². The van der Waals surface area contributed by atoms with Crippen LogP contribution < -0.4 is 5.73 Å². The number of anilines is 1. The first-order valence-corrected chi connectivity index (χ1v) is 5.03. The van der Waals surface area contributed by atoms with Gasteiger partial charge in [0.25, 0.3) is 0 Å². The number of aliphatic hydroxyl groups is 1. The average molecular weight is 210 g/mol. The van der Waals surface area contributed by atoms with Crippen molar-refractivity contribution in [3.05, 3.63) is 23.9 Å². The minimum absolute atomic E-state index is 0.0536. The SMILES string of the molecule is COC(C)CC(O)Cc1cccnc1N. The van der Waals surface area contributed by atoms with Gasteiger partial charge in [0, 0.05) is 19.7 Å². The van der Waals surface area contributed by atoms with Crippen LogP contribution >= 0.6 is 0 Å². The van der Waals surface area contributed by atoms with E-state index in [1.807, 2.05) is 19.1 Å². The summed E-state index contributed by atoms with van der Waals surface area (Å²) < 4.78 is 5.08. The first kappa shape index (κ1) is 11.9. The minimum Gasteiger partial charge on any atom is -0.393 e. The normalized spacial score (nSPS) is 14.9. The molecule has 0 amide bonds. The van der Waals surface area contributed by atoms with Gasteiger partial charge < -0.3 is 15.6 Å². The summed E-state index contributed by atoms with van der Waals surface area (Å²) in [6.45, 7) is 1.93. The van der Waals surface area contributed by atoms with Gasteiger partial charge in [-0.05, 0) is 25.0 Å². The van der Waals surface area contributed by atoms with E-state index in [9.17, 15) is 5.11 Å². The summed E-state index contributed by atoms with van der Waals surface area (Å²) in [5, 5.41) is 9.77. The number of aromatic nitrogens is 1. The second-order valence-electron chi connectivity index (χ2n) is 3.69. The van der Waals surface area contributed by atoms with Gasteiger partial charge >= 0.3 is 0 Å². The van der Waals surface area contributed by atoms with Gasteiger partial charge in [-0.1, -0.05) is 6.07 Å². The molecule has 4 nitrogen and oxygen atoms in total. The molecular formula is C11H18N2O2. The standard InChI is InChI=1S/C11H18N2O2/c1-8(15-2)6-10(14)7-9-4-3-5-13-11(9)12/h3-5,8,10,14H,6-7H2,1-2H3,(H2,12,13). The molecule has 0 radical (unpaired) electrons. The zero-order chi connectivity index (χ0) is 11.3. The van der Waals surface area contributed by atoms with Crippen LogP contribution in [0.3, 0.4) is 0 Å². The van der Waals surface area contributed by atoms with Crippen molar-refractivity contribution in [2.24, 2.45) is 0 Å². The Morgan fingerprint density at radius 1 is 1.60 bits per heavy atom. The fourth-order valence-electron chi connectivity index (χ4n) is 1.44. The summed E-state index contributed by atoms with van der Waals surface area (Å²) in [5.41, 5.74) is 6.56. The zero-order valence-corrected chi connectivity index (χ0v) is 9.18. The minimum atomic E-state index is -0.438. The van der Waals surface area contributed by atoms with Crippen LogP contribution in [0.1, 0.15) is 18.9 Å². The lowest BCUT2D eigenvalue weighted by atomic mass is 10.0. The van der Waals surface area contributed by atoms with Gasteiger partial charge in [-0.2, -0.15) is 0 Å². The smallest absolute Gasteiger partial charge is 0.126 e. The topological polar surface area (TPSA) is 68.4 Å². The third-order valence-corrected chi connectivity index (χ3v) is 2.39. The van der Waals surface area contributed by atoms with E-state index in [2.05, 4.69) is 4.98 Å². The Morgan fingerprint density at radius 2 is 2.33 bits per heavy atom. The third kappa shape index (κ3) is 3.85. The monoisotopic (exact) mass is 210 g/mol. The summed E-state index contributed by atoms with van der Waals surface area (Å²) in [7, 11) is 1.63. The maximum atomic E-state index is 9.77. The van der Waals surface area contributed by atoms with E-state index in [1.165, 1.54) is 0 Å². The Kier molecular flexibility index (Phi) is 4.52. The van der Waals surface area contributed by atoms with Crippen molar-refractivity contribution in [3.8, 4) is 0 Å². The molecule has 3 N–H and O–H groups in total. The molecule has 0 aliphatic heterocycles. The van der Waals surface area contributed by atoms with Crippen LogP contribution in [-0.4, -0.2) is 29.4 Å². The highest BCUT2D eigenvalue weighted by atomic mass is 16.5. The van der Waals surface area contributed by atoms with E-state index in [1.54, 1.807) is 13.3 Å². The van der Waals surface area contributed by atoms with E-state index in [0.29, 0.717) is 18.7 Å². The Balaban J connectivity index is 2.51. The lowest BCUT2D eigenvalue weighted by Gasteiger charge is -2.15. The lowest BCUT2D eigenvalue weighted by Crippen LogP contribution is -2.19. The van der Waals surface area contributed by atoms with Crippen LogP contribution in [0.5, 0.6) is 0 Å². The predicted molar refractivity (Wildman–Crippen MR) is 59.4 cm³/mol. The molecule has 15 heavy (non-hydrogen) atoms. The molecule has 1 heterocycles. The molecule has 0 bridgehead atoms. The van der Waals surface area contributed by atoms with Gasteiger partial charge in [0.15, 0.2) is 0 Å². The molecule has 0 saturated heterocycles. The van der Waals surface area contributed by atoms with Crippen LogP contribution in [0.2, 0.25) is 0 Å². The molecule has 0 fully saturated rings. The van der Waals surface area contributed by atoms with Crippen molar-refractivity contribution in [1.29, 1.82) is 0 Å². The van der Waals surface area contributed by atoms with Gasteiger partial charge in [0.1, 0.15) is 5.82 Å². The highest BCUT2D eigenvalue weighted by Gasteiger charge is 2.12. The first-order chi connectivity index (χ1) is 7.13. The van der Waals surface area contributed by atoms with Crippen molar-refractivity contribution >= 4 is 5.82 Å². The molecule has 0 spiro atoms. The number of nitrogen functional groups attached to an aromatic ring is 1. The molecule has 84 valence electrons. The molecule has 0 aliphatic carbocycles. The quantitative estimate of drug-likeness (QED) is 0.760. The highest BCUT2D eigenvalue weighted by molar-refractivity contribution is 5.38. The van der Waals surface area contributed by atoms with Gasteiger partial charge in [-0.3, -0.25) is 0 Å². The Hall–Kier alpha value is -1.13. The second kappa shape index (κ2) is 5.68. The van der Waals surface area contributed by atoms with Crippen LogP contribution in [0.4, 0.5) is 5.82 Å². The summed E-state index contributed by atoms with van der Waals surface area (Å²) in [5.74, 6) is 0.488. The Labute approximate surface area is 90.1 Å². The highest BCUT2D eigenvalue weighted by Crippen LogP contribution is 2.13. The van der Waals surface area contributed by atoms with E-state index >= 15 is 0 Å². The molecule has 4 heteroatoms. The number of hydrogen-bond donors (Lipinski definition) is 2. The van der Waals surface area contributed by atoms with Crippen LogP contribution in [0, 0.1) is 0 Å². The summed E-state index contributed by atoms with van der Waals surface area (Å²) >= 11 is 0. The number of pyridine rings is 1. The molecule has 2 unspecified atom stereocenters. The Bertz CT molecular complexity index is 304. The van der Waals surface area contributed by atoms with E-state index in [0.717, 1.165) is 5.56 Å². The summed E-state index contributed by atoms with van der Waals surface area (Å²) in [6, 6.07) is 3.70. The summed E-state index contributed by atoms with van der Waals surface area (Å²) in [4.78, 5) is 3.97. The molecule has 0 aromatic carbocycles. The molecule has 1 rings (SSSR count). The third-order valence-electron chi connectivity index (χ3n) is 2.39. The second-order valence-corrected chi connectivity index (χ2v) is 3.69. The average Bonchev–Trinajstić information content (AvgIpc) is 2.21. The number of methoxy groups -OCH3 is 1. The van der Waals surface area contributed by atoms with E-state index in [4.69, 9.17) is 10.5 Å². The molecular weight excluding hydrogens is 192 g/mol. The number of nitrogens with zero attached hydrogens (tertiary/aromatic N) is 1. The van der Waals surface area contributed by atoms with Crippen molar-refractivity contribution in [2.75, 3.05) is 12.8 Å². The molecule has 1 aromatic heterocycles. The van der Waals surface area contributed by atoms with Crippen molar-refractivity contribution < 1.29 is 9.84 Å². The Morgan fingerprint density at radius 3 is 2.93 bits per heavy atom. The maximum Gasteiger partial charge on any atom is 0.126 e. The van der Waals surface area contributed by atoms with Crippen LogP contribution in [-0.2, 0) is 11.2 Å². The first-order valence-electron chi connectivity index (χ1n) is 5.03. The number of ether oxygens (including phenoxy) is 1. The maximum absolute atomic E-state index is 9.77. The molecule has 0 saturated carbocycles. The number of rotatable bonds is 5. The largest absolute Gasteiger partial charge is 0.393 e. The zero-order valence-electron chi connectivity index (χ0n) is 9.18. The van der Waals surface area contributed by atoms with Crippen molar-refractivity contribution in [3.63, 3.8) is 0 Å². The van der Waals surface area contributed by atoms with Crippen molar-refractivity contribution in [2.45, 2.75) is 32.0 Å². The number of nitrogens with two attached hydrogens (primary N) is 1.